The number of nitrogens with zero attached hydrogens (tertiary/aromatic N) is 1. The Hall–Kier alpha value is -1.07. The van der Waals surface area contributed by atoms with Crippen LogP contribution in [0.5, 0.6) is 5.75 Å². The normalized spacial score (nSPS) is 22.7. The van der Waals surface area contributed by atoms with E-state index in [2.05, 4.69) is 4.90 Å². The summed E-state index contributed by atoms with van der Waals surface area (Å²) in [5, 5.41) is -0.221. The zero-order valence-electron chi connectivity index (χ0n) is 13.1. The highest BCUT2D eigenvalue weighted by Gasteiger charge is 2.36. The molecule has 4 nitrogen and oxygen atoms in total. The molecule has 1 fully saturated rings. The van der Waals surface area contributed by atoms with Crippen LogP contribution in [0.1, 0.15) is 24.8 Å². The van der Waals surface area contributed by atoms with Crippen molar-refractivity contribution in [3.63, 3.8) is 0 Å². The van der Waals surface area contributed by atoms with Gasteiger partial charge in [0.2, 0.25) is 0 Å². The highest BCUT2D eigenvalue weighted by atomic mass is 32.2. The number of para-hydroxylation sites is 1. The zero-order valence-corrected chi connectivity index (χ0v) is 13.9. The summed E-state index contributed by atoms with van der Waals surface area (Å²) in [4.78, 5) is 2.14. The van der Waals surface area contributed by atoms with Crippen LogP contribution in [0.2, 0.25) is 0 Å². The van der Waals surface area contributed by atoms with Crippen LogP contribution in [0.15, 0.2) is 24.3 Å². The van der Waals surface area contributed by atoms with E-state index in [9.17, 15) is 8.42 Å². The Balaban J connectivity index is 1.87. The highest BCUT2D eigenvalue weighted by Crippen LogP contribution is 2.28. The molecule has 5 heteroatoms. The fourth-order valence-corrected chi connectivity index (χ4v) is 4.60. The van der Waals surface area contributed by atoms with Gasteiger partial charge < -0.3 is 4.74 Å². The Morgan fingerprint density at radius 3 is 2.67 bits per heavy atom. The lowest BCUT2D eigenvalue weighted by molar-refractivity contribution is 0.193. The van der Waals surface area contributed by atoms with Gasteiger partial charge in [0.15, 0.2) is 9.84 Å². The number of hydrogen-bond donors (Lipinski definition) is 0. The predicted octanol–water partition coefficient (Wildman–Crippen LogP) is 2.27. The molecule has 1 aliphatic rings. The van der Waals surface area contributed by atoms with Gasteiger partial charge in [-0.1, -0.05) is 24.6 Å². The van der Waals surface area contributed by atoms with Crippen LogP contribution >= 0.6 is 0 Å². The molecule has 0 aliphatic heterocycles. The molecule has 0 unspecified atom stereocenters. The van der Waals surface area contributed by atoms with Crippen molar-refractivity contribution in [2.75, 3.05) is 26.5 Å². The topological polar surface area (TPSA) is 46.6 Å². The summed E-state index contributed by atoms with van der Waals surface area (Å²) in [6.45, 7) is 3.34. The van der Waals surface area contributed by atoms with Gasteiger partial charge in [-0.25, -0.2) is 8.42 Å². The second-order valence-electron chi connectivity index (χ2n) is 5.96. The summed E-state index contributed by atoms with van der Waals surface area (Å²) in [7, 11) is -0.968. The lowest BCUT2D eigenvalue weighted by atomic mass is 10.2. The monoisotopic (exact) mass is 311 g/mol. The third-order valence-corrected chi connectivity index (χ3v) is 5.98. The second kappa shape index (κ2) is 6.79. The summed E-state index contributed by atoms with van der Waals surface area (Å²) in [5.41, 5.74) is 1.12. The molecule has 0 aromatic heterocycles. The van der Waals surface area contributed by atoms with E-state index in [4.69, 9.17) is 4.74 Å². The fourth-order valence-electron chi connectivity index (χ4n) is 3.09. The van der Waals surface area contributed by atoms with E-state index in [1.165, 1.54) is 6.26 Å². The van der Waals surface area contributed by atoms with Gasteiger partial charge in [-0.15, -0.1) is 0 Å². The van der Waals surface area contributed by atoms with E-state index in [0.717, 1.165) is 37.1 Å². The molecule has 0 N–H and O–H groups in total. The Labute approximate surface area is 128 Å². The van der Waals surface area contributed by atoms with Crippen molar-refractivity contribution < 1.29 is 13.2 Å². The van der Waals surface area contributed by atoms with Gasteiger partial charge in [0.1, 0.15) is 12.4 Å². The first kappa shape index (κ1) is 16.3. The number of likely N-dealkylation sites (N-methyl/N-ethyl adjacent to an activating group) is 1. The molecule has 0 spiro atoms. The lowest BCUT2D eigenvalue weighted by Crippen LogP contribution is -2.43. The van der Waals surface area contributed by atoms with Gasteiger partial charge in [0, 0.05) is 18.8 Å². The van der Waals surface area contributed by atoms with Crippen LogP contribution in [-0.4, -0.2) is 51.1 Å². The first-order chi connectivity index (χ1) is 9.89. The van der Waals surface area contributed by atoms with E-state index in [-0.39, 0.29) is 11.3 Å². The molecule has 0 radical (unpaired) electrons. The van der Waals surface area contributed by atoms with E-state index in [0.29, 0.717) is 6.61 Å². The predicted molar refractivity (Wildman–Crippen MR) is 85.6 cm³/mol. The minimum absolute atomic E-state index is 0.125. The molecular weight excluding hydrogens is 286 g/mol. The van der Waals surface area contributed by atoms with Crippen molar-refractivity contribution in [3.8, 4) is 5.75 Å². The van der Waals surface area contributed by atoms with E-state index in [1.54, 1.807) is 0 Å². The summed E-state index contributed by atoms with van der Waals surface area (Å²) >= 11 is 0. The van der Waals surface area contributed by atoms with Crippen molar-refractivity contribution in [1.29, 1.82) is 0 Å². The minimum Gasteiger partial charge on any atom is -0.492 e. The van der Waals surface area contributed by atoms with E-state index < -0.39 is 9.84 Å². The molecule has 118 valence electrons. The van der Waals surface area contributed by atoms with Crippen molar-refractivity contribution in [2.45, 2.75) is 37.5 Å². The highest BCUT2D eigenvalue weighted by molar-refractivity contribution is 7.91. The van der Waals surface area contributed by atoms with Crippen LogP contribution in [0, 0.1) is 6.92 Å². The number of sulfone groups is 1. The first-order valence-electron chi connectivity index (χ1n) is 7.47. The van der Waals surface area contributed by atoms with Gasteiger partial charge in [0.05, 0.1) is 5.25 Å². The number of rotatable bonds is 6. The van der Waals surface area contributed by atoms with Crippen molar-refractivity contribution in [3.05, 3.63) is 29.8 Å². The largest absolute Gasteiger partial charge is 0.492 e. The SMILES string of the molecule is Cc1ccccc1OCCN(C)[C@@H]1CCC[C@@H]1S(C)(=O)=O. The van der Waals surface area contributed by atoms with Crippen LogP contribution < -0.4 is 4.74 Å². The number of ether oxygens (including phenoxy) is 1. The molecule has 21 heavy (non-hydrogen) atoms. The summed E-state index contributed by atoms with van der Waals surface area (Å²) in [6.07, 6.45) is 4.09. The van der Waals surface area contributed by atoms with Gasteiger partial charge in [-0.3, -0.25) is 4.90 Å². The molecule has 0 amide bonds. The van der Waals surface area contributed by atoms with Crippen molar-refractivity contribution >= 4 is 9.84 Å². The third-order valence-electron chi connectivity index (χ3n) is 4.33. The average molecular weight is 311 g/mol. The molecule has 0 bridgehead atoms. The van der Waals surface area contributed by atoms with Gasteiger partial charge in [-0.2, -0.15) is 0 Å². The molecule has 0 saturated heterocycles. The van der Waals surface area contributed by atoms with Crippen LogP contribution in [-0.2, 0) is 9.84 Å². The summed E-state index contributed by atoms with van der Waals surface area (Å²) < 4.78 is 29.5. The maximum absolute atomic E-state index is 11.8. The summed E-state index contributed by atoms with van der Waals surface area (Å²) in [6, 6.07) is 8.06. The first-order valence-corrected chi connectivity index (χ1v) is 9.42. The van der Waals surface area contributed by atoms with E-state index in [1.807, 2.05) is 38.2 Å². The zero-order chi connectivity index (χ0) is 15.5. The number of benzene rings is 1. The quantitative estimate of drug-likeness (QED) is 0.808. The Kier molecular flexibility index (Phi) is 5.27. The number of hydrogen-bond acceptors (Lipinski definition) is 4. The van der Waals surface area contributed by atoms with Gasteiger partial charge >= 0.3 is 0 Å². The van der Waals surface area contributed by atoms with Crippen LogP contribution in [0.25, 0.3) is 0 Å². The van der Waals surface area contributed by atoms with Crippen molar-refractivity contribution in [2.24, 2.45) is 0 Å². The summed E-state index contributed by atoms with van der Waals surface area (Å²) in [5.74, 6) is 0.900. The second-order valence-corrected chi connectivity index (χ2v) is 8.23. The van der Waals surface area contributed by atoms with Gasteiger partial charge in [-0.05, 0) is 38.4 Å². The molecule has 0 heterocycles. The smallest absolute Gasteiger partial charge is 0.151 e. The average Bonchev–Trinajstić information content (AvgIpc) is 2.90. The van der Waals surface area contributed by atoms with Crippen LogP contribution in [0.3, 0.4) is 0 Å². The van der Waals surface area contributed by atoms with Crippen LogP contribution in [0.4, 0.5) is 0 Å². The molecule has 2 atom stereocenters. The molecule has 1 saturated carbocycles. The van der Waals surface area contributed by atoms with Gasteiger partial charge in [0.25, 0.3) is 0 Å². The third kappa shape index (κ3) is 4.20. The maximum atomic E-state index is 11.8. The standard InChI is InChI=1S/C16H25NO3S/c1-13-7-4-5-9-15(13)20-12-11-17(2)14-8-6-10-16(14)21(3,18)19/h4-5,7,9,14,16H,6,8,10-12H2,1-3H3/t14-,16+/m1/s1. The molecule has 1 aromatic rings. The number of aryl methyl sites for hydroxylation is 1. The Morgan fingerprint density at radius 1 is 1.29 bits per heavy atom. The minimum atomic E-state index is -2.96. The Morgan fingerprint density at radius 2 is 2.00 bits per heavy atom. The molecule has 1 aliphatic carbocycles. The van der Waals surface area contributed by atoms with Crippen molar-refractivity contribution in [1.82, 2.24) is 4.90 Å². The van der Waals surface area contributed by atoms with E-state index >= 15 is 0 Å². The lowest BCUT2D eigenvalue weighted by Gasteiger charge is -2.28. The Bertz CT molecular complexity index is 571. The fraction of sp³-hybridized carbons (Fsp3) is 0.625. The molecule has 1 aromatic carbocycles. The molecular formula is C16H25NO3S. The maximum Gasteiger partial charge on any atom is 0.151 e. The molecule has 2 rings (SSSR count).